The Labute approximate surface area is 278 Å². The van der Waals surface area contributed by atoms with E-state index in [4.69, 9.17) is 19.3 Å². The highest BCUT2D eigenvalue weighted by Gasteiger charge is 2.12. The van der Waals surface area contributed by atoms with Crippen LogP contribution in [0.15, 0.2) is 0 Å². The Morgan fingerprint density at radius 3 is 1.11 bits per heavy atom. The number of hydrogen-bond donors (Lipinski definition) is 1. The normalized spacial score (nSPS) is 11.4. The largest absolute Gasteiger partial charge is 0.466 e. The maximum absolute atomic E-state index is 12.3. The van der Waals surface area contributed by atoms with Gasteiger partial charge >= 0.3 is 11.9 Å². The lowest BCUT2D eigenvalue weighted by Gasteiger charge is -2.21. The highest BCUT2D eigenvalue weighted by Crippen LogP contribution is 2.13. The SMILES string of the molecule is CCCCCCCCCCCCCCOC(=O)CCN(CCOCCO)CCC(=O)OCCCCCCCCCCCCCC. The van der Waals surface area contributed by atoms with Crippen LogP contribution in [0, 0.1) is 0 Å². The van der Waals surface area contributed by atoms with Crippen LogP contribution in [0.2, 0.25) is 0 Å². The third-order valence-corrected chi connectivity index (χ3v) is 8.57. The number of carbonyl (C=O) groups excluding carboxylic acids is 2. The van der Waals surface area contributed by atoms with Gasteiger partial charge in [0, 0.05) is 19.6 Å². The van der Waals surface area contributed by atoms with Gasteiger partial charge in [-0.05, 0) is 12.8 Å². The summed E-state index contributed by atoms with van der Waals surface area (Å²) in [7, 11) is 0. The van der Waals surface area contributed by atoms with Gasteiger partial charge in [-0.25, -0.2) is 0 Å². The van der Waals surface area contributed by atoms with Crippen LogP contribution in [0.4, 0.5) is 0 Å². The second-order valence-electron chi connectivity index (χ2n) is 12.9. The fraction of sp³-hybridized carbons (Fsp3) is 0.947. The second kappa shape index (κ2) is 37.3. The van der Waals surface area contributed by atoms with Crippen molar-refractivity contribution >= 4 is 11.9 Å². The van der Waals surface area contributed by atoms with Crippen molar-refractivity contribution in [3.63, 3.8) is 0 Å². The molecule has 0 atom stereocenters. The molecule has 0 rings (SSSR count). The molecule has 7 nitrogen and oxygen atoms in total. The molecule has 268 valence electrons. The molecule has 0 saturated carbocycles. The van der Waals surface area contributed by atoms with Crippen LogP contribution in [0.1, 0.15) is 181 Å². The van der Waals surface area contributed by atoms with Crippen LogP contribution < -0.4 is 0 Å². The van der Waals surface area contributed by atoms with Crippen molar-refractivity contribution < 1.29 is 28.9 Å². The van der Waals surface area contributed by atoms with Crippen LogP contribution >= 0.6 is 0 Å². The van der Waals surface area contributed by atoms with Gasteiger partial charge in [0.1, 0.15) is 0 Å². The number of rotatable bonds is 37. The fourth-order valence-electron chi connectivity index (χ4n) is 5.60. The minimum Gasteiger partial charge on any atom is -0.466 e. The standard InChI is InChI=1S/C38H75NO6/c1-3-5-7-9-11-13-15-17-19-21-23-25-33-44-37(41)27-29-39(31-35-43-36-32-40)30-28-38(42)45-34-26-24-22-20-18-16-14-12-10-8-6-4-2/h40H,3-36H2,1-2H3. The molecular formula is C38H75NO6. The number of esters is 2. The molecule has 0 fully saturated rings. The molecule has 0 aromatic heterocycles. The maximum Gasteiger partial charge on any atom is 0.307 e. The molecule has 0 bridgehead atoms. The molecule has 0 saturated heterocycles. The number of ether oxygens (including phenoxy) is 3. The van der Waals surface area contributed by atoms with E-state index in [1.807, 2.05) is 4.90 Å². The Hall–Kier alpha value is -1.18. The Morgan fingerprint density at radius 2 is 0.778 bits per heavy atom. The Balaban J connectivity index is 3.87. The highest BCUT2D eigenvalue weighted by molar-refractivity contribution is 5.70. The summed E-state index contributed by atoms with van der Waals surface area (Å²) in [4.78, 5) is 26.7. The predicted octanol–water partition coefficient (Wildman–Crippen LogP) is 9.57. The summed E-state index contributed by atoms with van der Waals surface area (Å²) in [5, 5.41) is 8.96. The molecule has 0 aliphatic heterocycles. The van der Waals surface area contributed by atoms with Gasteiger partial charge in [0.15, 0.2) is 0 Å². The molecule has 0 spiro atoms. The van der Waals surface area contributed by atoms with Crippen LogP contribution in [0.5, 0.6) is 0 Å². The minimum absolute atomic E-state index is 0.0170. The number of carbonyl (C=O) groups is 2. The molecule has 0 radical (unpaired) electrons. The first kappa shape index (κ1) is 43.8. The Morgan fingerprint density at radius 1 is 0.444 bits per heavy atom. The summed E-state index contributed by atoms with van der Waals surface area (Å²) >= 11 is 0. The van der Waals surface area contributed by atoms with Gasteiger partial charge in [-0.15, -0.1) is 0 Å². The van der Waals surface area contributed by atoms with Crippen molar-refractivity contribution in [2.24, 2.45) is 0 Å². The minimum atomic E-state index is -0.186. The molecule has 0 aliphatic rings. The van der Waals surface area contributed by atoms with Crippen LogP contribution in [0.3, 0.4) is 0 Å². The van der Waals surface area contributed by atoms with Crippen molar-refractivity contribution in [2.45, 2.75) is 181 Å². The van der Waals surface area contributed by atoms with Crippen molar-refractivity contribution in [3.05, 3.63) is 0 Å². The smallest absolute Gasteiger partial charge is 0.307 e. The van der Waals surface area contributed by atoms with Crippen LogP contribution in [0.25, 0.3) is 0 Å². The lowest BCUT2D eigenvalue weighted by molar-refractivity contribution is -0.144. The van der Waals surface area contributed by atoms with Gasteiger partial charge in [-0.2, -0.15) is 0 Å². The topological polar surface area (TPSA) is 85.3 Å². The van der Waals surface area contributed by atoms with E-state index in [1.54, 1.807) is 0 Å². The quantitative estimate of drug-likeness (QED) is 0.0534. The molecule has 0 aromatic rings. The summed E-state index contributed by atoms with van der Waals surface area (Å²) in [5.74, 6) is -0.372. The Kier molecular flexibility index (Phi) is 36.3. The van der Waals surface area contributed by atoms with E-state index in [1.165, 1.54) is 128 Å². The number of hydrogen-bond acceptors (Lipinski definition) is 7. The molecule has 7 heteroatoms. The average molecular weight is 642 g/mol. The first-order valence-corrected chi connectivity index (χ1v) is 19.4. The predicted molar refractivity (Wildman–Crippen MR) is 188 cm³/mol. The fourth-order valence-corrected chi connectivity index (χ4v) is 5.60. The van der Waals surface area contributed by atoms with Gasteiger partial charge in [-0.1, -0.05) is 155 Å². The summed E-state index contributed by atoms with van der Waals surface area (Å²) < 4.78 is 16.3. The summed E-state index contributed by atoms with van der Waals surface area (Å²) in [6, 6.07) is 0. The lowest BCUT2D eigenvalue weighted by Crippen LogP contribution is -2.33. The molecule has 0 unspecified atom stereocenters. The maximum atomic E-state index is 12.3. The summed E-state index contributed by atoms with van der Waals surface area (Å²) in [5.41, 5.74) is 0. The van der Waals surface area contributed by atoms with Gasteiger partial charge in [0.05, 0.1) is 45.9 Å². The molecule has 45 heavy (non-hydrogen) atoms. The number of nitrogens with zero attached hydrogens (tertiary/aromatic N) is 1. The van der Waals surface area contributed by atoms with Crippen molar-refractivity contribution in [1.29, 1.82) is 0 Å². The average Bonchev–Trinajstić information content (AvgIpc) is 3.04. The van der Waals surface area contributed by atoms with Crippen molar-refractivity contribution in [2.75, 3.05) is 52.7 Å². The number of aliphatic hydroxyl groups is 1. The van der Waals surface area contributed by atoms with Gasteiger partial charge < -0.3 is 19.3 Å². The van der Waals surface area contributed by atoms with Crippen molar-refractivity contribution in [1.82, 2.24) is 4.90 Å². The molecule has 0 aliphatic carbocycles. The number of aliphatic hydroxyl groups excluding tert-OH is 1. The van der Waals surface area contributed by atoms with E-state index >= 15 is 0 Å². The van der Waals surface area contributed by atoms with Gasteiger partial charge in [0.2, 0.25) is 0 Å². The van der Waals surface area contributed by atoms with E-state index in [0.29, 0.717) is 52.3 Å². The molecule has 1 N–H and O–H groups in total. The lowest BCUT2D eigenvalue weighted by atomic mass is 10.1. The zero-order chi connectivity index (χ0) is 32.9. The number of unbranched alkanes of at least 4 members (excludes halogenated alkanes) is 22. The van der Waals surface area contributed by atoms with E-state index in [2.05, 4.69) is 13.8 Å². The van der Waals surface area contributed by atoms with Crippen LogP contribution in [-0.2, 0) is 23.8 Å². The van der Waals surface area contributed by atoms with E-state index in [0.717, 1.165) is 25.7 Å². The van der Waals surface area contributed by atoms with Gasteiger partial charge in [-0.3, -0.25) is 14.5 Å². The first-order chi connectivity index (χ1) is 22.1. The molecular weight excluding hydrogens is 566 g/mol. The molecule has 0 heterocycles. The van der Waals surface area contributed by atoms with E-state index in [9.17, 15) is 9.59 Å². The van der Waals surface area contributed by atoms with Gasteiger partial charge in [0.25, 0.3) is 0 Å². The Bertz CT molecular complexity index is 571. The molecule has 0 aromatic carbocycles. The first-order valence-electron chi connectivity index (χ1n) is 19.4. The summed E-state index contributed by atoms with van der Waals surface area (Å²) in [6.07, 6.45) is 31.4. The second-order valence-corrected chi connectivity index (χ2v) is 12.9. The zero-order valence-electron chi connectivity index (χ0n) is 30.0. The van der Waals surface area contributed by atoms with E-state index < -0.39 is 0 Å². The monoisotopic (exact) mass is 642 g/mol. The van der Waals surface area contributed by atoms with Crippen molar-refractivity contribution in [3.8, 4) is 0 Å². The third kappa shape index (κ3) is 35.5. The molecule has 0 amide bonds. The van der Waals surface area contributed by atoms with E-state index in [-0.39, 0.29) is 25.2 Å². The highest BCUT2D eigenvalue weighted by atomic mass is 16.5. The summed E-state index contributed by atoms with van der Waals surface area (Å²) in [6.45, 7) is 7.85. The third-order valence-electron chi connectivity index (χ3n) is 8.57. The van der Waals surface area contributed by atoms with Crippen LogP contribution in [-0.4, -0.2) is 74.6 Å². The zero-order valence-corrected chi connectivity index (χ0v) is 30.0.